The number of H-pyrrole nitrogens is 1. The summed E-state index contributed by atoms with van der Waals surface area (Å²) in [6.07, 6.45) is 4.70. The lowest BCUT2D eigenvalue weighted by Crippen LogP contribution is -2.57. The third-order valence-corrected chi connectivity index (χ3v) is 6.39. The Morgan fingerprint density at radius 1 is 1.14 bits per heavy atom. The molecule has 200 valence electrons. The molecule has 1 aliphatic rings. The Balaban J connectivity index is 1.75. The van der Waals surface area contributed by atoms with Crippen LogP contribution in [0, 0.1) is 5.92 Å². The molecule has 0 aliphatic carbocycles. The molecule has 37 heavy (non-hydrogen) atoms. The van der Waals surface area contributed by atoms with Crippen molar-refractivity contribution in [2.24, 2.45) is 11.7 Å². The predicted molar refractivity (Wildman–Crippen MR) is 136 cm³/mol. The van der Waals surface area contributed by atoms with Crippen molar-refractivity contribution in [3.63, 3.8) is 0 Å². The summed E-state index contributed by atoms with van der Waals surface area (Å²) in [6, 6.07) is 5.42. The fourth-order valence-electron chi connectivity index (χ4n) is 4.54. The van der Waals surface area contributed by atoms with E-state index >= 15 is 0 Å². The highest BCUT2D eigenvalue weighted by Crippen LogP contribution is 2.20. The maximum atomic E-state index is 13.3. The van der Waals surface area contributed by atoms with Gasteiger partial charge >= 0.3 is 5.97 Å². The van der Waals surface area contributed by atoms with Gasteiger partial charge < -0.3 is 31.4 Å². The topological polar surface area (TPSA) is 171 Å². The number of rotatable bonds is 12. The first-order valence-electron chi connectivity index (χ1n) is 12.6. The van der Waals surface area contributed by atoms with Crippen molar-refractivity contribution in [3.8, 4) is 0 Å². The summed E-state index contributed by atoms with van der Waals surface area (Å²) < 4.78 is 0. The summed E-state index contributed by atoms with van der Waals surface area (Å²) in [5.41, 5.74) is 7.44. The average molecular weight is 513 g/mol. The lowest BCUT2D eigenvalue weighted by atomic mass is 10.0. The van der Waals surface area contributed by atoms with E-state index in [1.807, 2.05) is 44.2 Å². The molecular formula is C26H36N6O5. The summed E-state index contributed by atoms with van der Waals surface area (Å²) >= 11 is 0. The van der Waals surface area contributed by atoms with Crippen LogP contribution < -0.4 is 16.4 Å². The largest absolute Gasteiger partial charge is 0.480 e. The van der Waals surface area contributed by atoms with Crippen molar-refractivity contribution in [1.29, 1.82) is 0 Å². The monoisotopic (exact) mass is 512 g/mol. The quantitative estimate of drug-likeness (QED) is 0.277. The Hall–Kier alpha value is -3.73. The Morgan fingerprint density at radius 2 is 1.86 bits per heavy atom. The molecule has 1 fully saturated rings. The molecule has 3 amide bonds. The number of nitrogens with zero attached hydrogens (tertiary/aromatic N) is 2. The number of hydrogen-bond acceptors (Lipinski definition) is 6. The second-order valence-electron chi connectivity index (χ2n) is 9.86. The van der Waals surface area contributed by atoms with E-state index < -0.39 is 42.0 Å². The van der Waals surface area contributed by atoms with Gasteiger partial charge in [-0.05, 0) is 30.7 Å². The van der Waals surface area contributed by atoms with Gasteiger partial charge in [-0.3, -0.25) is 14.4 Å². The van der Waals surface area contributed by atoms with Gasteiger partial charge in [-0.1, -0.05) is 44.2 Å². The molecule has 11 nitrogen and oxygen atoms in total. The van der Waals surface area contributed by atoms with Gasteiger partial charge in [-0.25, -0.2) is 9.78 Å². The van der Waals surface area contributed by atoms with E-state index in [1.165, 1.54) is 17.4 Å². The Labute approximate surface area is 216 Å². The summed E-state index contributed by atoms with van der Waals surface area (Å²) in [6.45, 7) is 4.37. The maximum Gasteiger partial charge on any atom is 0.326 e. The van der Waals surface area contributed by atoms with Crippen LogP contribution in [0.2, 0.25) is 0 Å². The number of carboxylic acid groups (broad SMARTS) is 1. The first kappa shape index (κ1) is 27.9. The van der Waals surface area contributed by atoms with Crippen molar-refractivity contribution in [2.75, 3.05) is 6.54 Å². The van der Waals surface area contributed by atoms with Crippen LogP contribution >= 0.6 is 0 Å². The highest BCUT2D eigenvalue weighted by atomic mass is 16.4. The molecule has 3 rings (SSSR count). The molecule has 4 unspecified atom stereocenters. The number of aliphatic carboxylic acids is 1. The molecule has 1 aromatic heterocycles. The molecule has 1 saturated heterocycles. The average Bonchev–Trinajstić information content (AvgIpc) is 3.55. The van der Waals surface area contributed by atoms with Gasteiger partial charge in [0, 0.05) is 31.3 Å². The van der Waals surface area contributed by atoms with Crippen LogP contribution in [-0.4, -0.2) is 74.4 Å². The lowest BCUT2D eigenvalue weighted by molar-refractivity contribution is -0.143. The van der Waals surface area contributed by atoms with Crippen LogP contribution in [0.15, 0.2) is 42.9 Å². The second-order valence-corrected chi connectivity index (χ2v) is 9.86. The van der Waals surface area contributed by atoms with Gasteiger partial charge in [0.1, 0.15) is 18.1 Å². The number of amides is 3. The number of carbonyl (C=O) groups excluding carboxylic acids is 3. The van der Waals surface area contributed by atoms with Crippen molar-refractivity contribution >= 4 is 23.7 Å². The fourth-order valence-corrected chi connectivity index (χ4v) is 4.54. The third kappa shape index (κ3) is 7.88. The third-order valence-electron chi connectivity index (χ3n) is 6.39. The highest BCUT2D eigenvalue weighted by Gasteiger charge is 2.38. The molecule has 2 heterocycles. The molecule has 0 spiro atoms. The van der Waals surface area contributed by atoms with E-state index in [1.54, 1.807) is 0 Å². The first-order chi connectivity index (χ1) is 17.7. The summed E-state index contributed by atoms with van der Waals surface area (Å²) in [5, 5.41) is 15.0. The lowest BCUT2D eigenvalue weighted by Gasteiger charge is -2.29. The molecule has 0 saturated carbocycles. The molecule has 0 radical (unpaired) electrons. The van der Waals surface area contributed by atoms with Gasteiger partial charge in [0.15, 0.2) is 0 Å². The number of nitrogens with one attached hydrogen (secondary N) is 3. The minimum atomic E-state index is -1.22. The van der Waals surface area contributed by atoms with Crippen molar-refractivity contribution < 1.29 is 24.3 Å². The van der Waals surface area contributed by atoms with Crippen molar-refractivity contribution in [1.82, 2.24) is 25.5 Å². The zero-order valence-electron chi connectivity index (χ0n) is 21.2. The number of carbonyl (C=O) groups is 4. The van der Waals surface area contributed by atoms with E-state index in [9.17, 15) is 24.3 Å². The summed E-state index contributed by atoms with van der Waals surface area (Å²) in [7, 11) is 0. The first-order valence-corrected chi connectivity index (χ1v) is 12.6. The zero-order chi connectivity index (χ0) is 26.9. The van der Waals surface area contributed by atoms with Crippen molar-refractivity contribution in [2.45, 2.75) is 70.1 Å². The Kier molecular flexibility index (Phi) is 9.78. The predicted octanol–water partition coefficient (Wildman–Crippen LogP) is 0.614. The zero-order valence-corrected chi connectivity index (χ0v) is 21.2. The van der Waals surface area contributed by atoms with Crippen molar-refractivity contribution in [3.05, 3.63) is 54.1 Å². The Morgan fingerprint density at radius 3 is 2.49 bits per heavy atom. The van der Waals surface area contributed by atoms with Gasteiger partial charge in [-0.2, -0.15) is 0 Å². The number of hydrogen-bond donors (Lipinski definition) is 5. The van der Waals surface area contributed by atoms with Gasteiger partial charge in [0.05, 0.1) is 12.4 Å². The van der Waals surface area contributed by atoms with E-state index in [4.69, 9.17) is 5.73 Å². The van der Waals surface area contributed by atoms with E-state index in [2.05, 4.69) is 20.6 Å². The smallest absolute Gasteiger partial charge is 0.326 e. The summed E-state index contributed by atoms with van der Waals surface area (Å²) in [4.78, 5) is 59.6. The molecule has 4 atom stereocenters. The number of imidazole rings is 1. The van der Waals surface area contributed by atoms with Crippen LogP contribution in [0.3, 0.4) is 0 Å². The van der Waals surface area contributed by atoms with Crippen LogP contribution in [0.25, 0.3) is 0 Å². The molecule has 1 aliphatic heterocycles. The summed E-state index contributed by atoms with van der Waals surface area (Å²) in [5.74, 6) is -2.34. The van der Waals surface area contributed by atoms with Gasteiger partial charge in [-0.15, -0.1) is 0 Å². The Bertz CT molecular complexity index is 1060. The SMILES string of the molecule is CC(C)CC(N)C(=O)N1CCCC1C(=O)NC(Cc1ccccc1)C(=O)NC(Cc1cnc[nH]1)C(=O)O. The second kappa shape index (κ2) is 13.0. The number of aromatic amines is 1. The minimum absolute atomic E-state index is 0.00568. The highest BCUT2D eigenvalue weighted by molar-refractivity contribution is 5.94. The number of likely N-dealkylation sites (tertiary alicyclic amines) is 1. The molecule has 6 N–H and O–H groups in total. The molecule has 1 aromatic carbocycles. The molecular weight excluding hydrogens is 476 g/mol. The van der Waals surface area contributed by atoms with Crippen LogP contribution in [0.1, 0.15) is 44.4 Å². The van der Waals surface area contributed by atoms with Crippen LogP contribution in [-0.2, 0) is 32.0 Å². The van der Waals surface area contributed by atoms with Gasteiger partial charge in [0.2, 0.25) is 17.7 Å². The van der Waals surface area contributed by atoms with E-state index in [0.717, 1.165) is 5.56 Å². The number of aromatic nitrogens is 2. The van der Waals surface area contributed by atoms with Crippen LogP contribution in [0.4, 0.5) is 0 Å². The fraction of sp³-hybridized carbons (Fsp3) is 0.500. The number of carboxylic acids is 1. The maximum absolute atomic E-state index is 13.3. The van der Waals surface area contributed by atoms with E-state index in [-0.39, 0.29) is 24.7 Å². The molecule has 0 bridgehead atoms. The molecule has 11 heteroatoms. The minimum Gasteiger partial charge on any atom is -0.480 e. The number of benzene rings is 1. The molecule has 2 aromatic rings. The van der Waals surface area contributed by atoms with Gasteiger partial charge in [0.25, 0.3) is 0 Å². The van der Waals surface area contributed by atoms with E-state index in [0.29, 0.717) is 31.5 Å². The number of nitrogens with two attached hydrogens (primary N) is 1. The van der Waals surface area contributed by atoms with Crippen LogP contribution in [0.5, 0.6) is 0 Å². The normalized spacial score (nSPS) is 17.7. The standard InChI is InChI=1S/C26H36N6O5/c1-16(2)11-19(27)25(35)32-10-6-9-22(32)24(34)30-20(12-17-7-4-3-5-8-17)23(33)31-21(26(36)37)13-18-14-28-15-29-18/h3-5,7-8,14-16,19-22H,6,9-13,27H2,1-2H3,(H,28,29)(H,30,34)(H,31,33)(H,36,37).